The van der Waals surface area contributed by atoms with Crippen LogP contribution in [0.1, 0.15) is 66.1 Å². The van der Waals surface area contributed by atoms with Crippen molar-refractivity contribution in [1.82, 2.24) is 0 Å². The highest BCUT2D eigenvalue weighted by Crippen LogP contribution is 2.40. The molecule has 0 aromatic heterocycles. The molecule has 0 saturated heterocycles. The number of rotatable bonds is 7. The molecule has 0 aliphatic heterocycles. The van der Waals surface area contributed by atoms with E-state index in [1.54, 1.807) is 0 Å². The summed E-state index contributed by atoms with van der Waals surface area (Å²) in [6, 6.07) is 24.1. The largest absolute Gasteiger partial charge is 0.494 e. The maximum absolute atomic E-state index is 13.7. The average molecular weight is 439 g/mol. The number of hydrogen-bond donors (Lipinski definition) is 0. The van der Waals surface area contributed by atoms with Crippen LogP contribution in [0.5, 0.6) is 11.5 Å². The van der Waals surface area contributed by atoms with Crippen LogP contribution in [-0.4, -0.2) is 18.5 Å². The molecule has 0 spiro atoms. The summed E-state index contributed by atoms with van der Waals surface area (Å²) in [6.45, 7) is 2.60. The van der Waals surface area contributed by atoms with E-state index in [4.69, 9.17) is 9.47 Å². The zero-order valence-electron chi connectivity index (χ0n) is 19.2. The molecule has 3 heteroatoms. The van der Waals surface area contributed by atoms with Crippen molar-refractivity contribution < 1.29 is 14.3 Å². The van der Waals surface area contributed by atoms with Crippen molar-refractivity contribution in [1.29, 1.82) is 0 Å². The van der Waals surface area contributed by atoms with E-state index < -0.39 is 0 Å². The molecule has 5 rings (SSSR count). The van der Waals surface area contributed by atoms with Gasteiger partial charge in [-0.3, -0.25) is 4.79 Å². The lowest BCUT2D eigenvalue weighted by Gasteiger charge is -2.23. The Morgan fingerprint density at radius 1 is 0.879 bits per heavy atom. The Hall–Kier alpha value is -3.33. The van der Waals surface area contributed by atoms with Crippen LogP contribution in [0, 0.1) is 0 Å². The van der Waals surface area contributed by atoms with Crippen LogP contribution in [0.15, 0.2) is 78.4 Å². The SMILES string of the molecule is CCOc1ccc2c(c1)C(c1ccccc1)=C(C(=O)c1ccc(OC3CCCCC3)cc1)C2. The minimum absolute atomic E-state index is 0.0761. The highest BCUT2D eigenvalue weighted by molar-refractivity contribution is 6.16. The van der Waals surface area contributed by atoms with E-state index in [2.05, 4.69) is 24.3 Å². The molecule has 0 bridgehead atoms. The van der Waals surface area contributed by atoms with Crippen LogP contribution >= 0.6 is 0 Å². The predicted octanol–water partition coefficient (Wildman–Crippen LogP) is 7.04. The molecule has 168 valence electrons. The summed E-state index contributed by atoms with van der Waals surface area (Å²) in [5.41, 5.74) is 5.87. The monoisotopic (exact) mass is 438 g/mol. The number of carbonyl (C=O) groups excluding carboxylic acids is 1. The third-order valence-corrected chi connectivity index (χ3v) is 6.64. The summed E-state index contributed by atoms with van der Waals surface area (Å²) in [5, 5.41) is 0. The van der Waals surface area contributed by atoms with Crippen molar-refractivity contribution >= 4 is 11.4 Å². The van der Waals surface area contributed by atoms with Gasteiger partial charge in [0.2, 0.25) is 0 Å². The van der Waals surface area contributed by atoms with E-state index in [0.29, 0.717) is 24.7 Å². The fourth-order valence-corrected chi connectivity index (χ4v) is 5.00. The van der Waals surface area contributed by atoms with E-state index in [1.807, 2.05) is 55.5 Å². The maximum atomic E-state index is 13.7. The van der Waals surface area contributed by atoms with Gasteiger partial charge in [0.15, 0.2) is 5.78 Å². The van der Waals surface area contributed by atoms with Gasteiger partial charge in [0.25, 0.3) is 0 Å². The molecule has 0 N–H and O–H groups in total. The summed E-state index contributed by atoms with van der Waals surface area (Å²) in [7, 11) is 0. The number of Topliss-reactive ketones (excluding diaryl/α,β-unsaturated/α-hetero) is 1. The summed E-state index contributed by atoms with van der Waals surface area (Å²) in [4.78, 5) is 13.7. The molecule has 2 aliphatic rings. The molecule has 33 heavy (non-hydrogen) atoms. The van der Waals surface area contributed by atoms with Gasteiger partial charge >= 0.3 is 0 Å². The minimum Gasteiger partial charge on any atom is -0.494 e. The van der Waals surface area contributed by atoms with Gasteiger partial charge in [-0.1, -0.05) is 42.8 Å². The Morgan fingerprint density at radius 2 is 1.61 bits per heavy atom. The van der Waals surface area contributed by atoms with Gasteiger partial charge in [0.1, 0.15) is 11.5 Å². The lowest BCUT2D eigenvalue weighted by Crippen LogP contribution is -2.19. The molecule has 0 heterocycles. The van der Waals surface area contributed by atoms with Crippen LogP contribution in [0.4, 0.5) is 0 Å². The number of hydrogen-bond acceptors (Lipinski definition) is 3. The topological polar surface area (TPSA) is 35.5 Å². The number of allylic oxidation sites excluding steroid dienone is 1. The second-order valence-corrected chi connectivity index (χ2v) is 8.88. The summed E-state index contributed by atoms with van der Waals surface area (Å²) < 4.78 is 11.9. The van der Waals surface area contributed by atoms with Gasteiger partial charge in [-0.2, -0.15) is 0 Å². The van der Waals surface area contributed by atoms with E-state index in [-0.39, 0.29) is 5.78 Å². The molecule has 1 saturated carbocycles. The van der Waals surface area contributed by atoms with Gasteiger partial charge in [0.05, 0.1) is 12.7 Å². The molecule has 1 fully saturated rings. The van der Waals surface area contributed by atoms with E-state index >= 15 is 0 Å². The molecular weight excluding hydrogens is 408 g/mol. The Kier molecular flexibility index (Phi) is 6.30. The van der Waals surface area contributed by atoms with Crippen LogP contribution < -0.4 is 9.47 Å². The molecule has 0 amide bonds. The Morgan fingerprint density at radius 3 is 2.33 bits per heavy atom. The van der Waals surface area contributed by atoms with Gasteiger partial charge in [0, 0.05) is 17.6 Å². The highest BCUT2D eigenvalue weighted by Gasteiger charge is 2.28. The molecular formula is C30H30O3. The third-order valence-electron chi connectivity index (χ3n) is 6.64. The first kappa shape index (κ1) is 21.5. The third kappa shape index (κ3) is 4.59. The van der Waals surface area contributed by atoms with E-state index in [1.165, 1.54) is 19.3 Å². The second kappa shape index (κ2) is 9.66. The second-order valence-electron chi connectivity index (χ2n) is 8.88. The summed E-state index contributed by atoms with van der Waals surface area (Å²) in [5.74, 6) is 1.77. The van der Waals surface area contributed by atoms with Crippen LogP contribution in [0.3, 0.4) is 0 Å². The summed E-state index contributed by atoms with van der Waals surface area (Å²) in [6.07, 6.45) is 6.96. The van der Waals surface area contributed by atoms with Crippen molar-refractivity contribution in [3.8, 4) is 11.5 Å². The van der Waals surface area contributed by atoms with Crippen molar-refractivity contribution in [3.63, 3.8) is 0 Å². The molecule has 3 aromatic carbocycles. The Labute approximate surface area is 196 Å². The first-order valence-corrected chi connectivity index (χ1v) is 12.1. The molecule has 3 nitrogen and oxygen atoms in total. The smallest absolute Gasteiger partial charge is 0.189 e. The number of fused-ring (bicyclic) bond motifs is 1. The molecule has 3 aromatic rings. The lowest BCUT2D eigenvalue weighted by atomic mass is 9.94. The molecule has 2 aliphatic carbocycles. The normalized spacial score (nSPS) is 15.9. The zero-order chi connectivity index (χ0) is 22.6. The van der Waals surface area contributed by atoms with Crippen LogP contribution in [-0.2, 0) is 6.42 Å². The highest BCUT2D eigenvalue weighted by atomic mass is 16.5. The average Bonchev–Trinajstić information content (AvgIpc) is 3.24. The van der Waals surface area contributed by atoms with Crippen molar-refractivity contribution in [2.45, 2.75) is 51.6 Å². The van der Waals surface area contributed by atoms with Gasteiger partial charge in [-0.15, -0.1) is 0 Å². The van der Waals surface area contributed by atoms with Gasteiger partial charge in [-0.05, 0) is 91.3 Å². The fourth-order valence-electron chi connectivity index (χ4n) is 5.00. The molecule has 0 radical (unpaired) electrons. The van der Waals surface area contributed by atoms with Crippen molar-refractivity contribution in [2.75, 3.05) is 6.61 Å². The molecule has 0 atom stereocenters. The number of carbonyl (C=O) groups is 1. The Bertz CT molecular complexity index is 1150. The lowest BCUT2D eigenvalue weighted by molar-refractivity contribution is 0.103. The van der Waals surface area contributed by atoms with Gasteiger partial charge < -0.3 is 9.47 Å². The Balaban J connectivity index is 1.46. The summed E-state index contributed by atoms with van der Waals surface area (Å²) >= 11 is 0. The number of ketones is 1. The van der Waals surface area contributed by atoms with Crippen molar-refractivity contribution in [2.24, 2.45) is 0 Å². The van der Waals surface area contributed by atoms with Crippen molar-refractivity contribution in [3.05, 3.63) is 101 Å². The zero-order valence-corrected chi connectivity index (χ0v) is 19.2. The molecule has 0 unspecified atom stereocenters. The fraction of sp³-hybridized carbons (Fsp3) is 0.300. The number of benzene rings is 3. The predicted molar refractivity (Wildman–Crippen MR) is 132 cm³/mol. The maximum Gasteiger partial charge on any atom is 0.189 e. The van der Waals surface area contributed by atoms with E-state index in [0.717, 1.165) is 52.2 Å². The van der Waals surface area contributed by atoms with E-state index in [9.17, 15) is 4.79 Å². The quantitative estimate of drug-likeness (QED) is 0.371. The first-order valence-electron chi connectivity index (χ1n) is 12.1. The first-order chi connectivity index (χ1) is 16.2. The minimum atomic E-state index is 0.0761. The standard InChI is InChI=1S/C30H30O3/c1-2-32-26-18-15-23-19-28(29(27(23)20-26)21-9-5-3-6-10-21)30(31)22-13-16-25(17-14-22)33-24-11-7-4-8-12-24/h3,5-6,9-10,13-18,20,24H,2,4,7-8,11-12,19H2,1H3. The van der Waals surface area contributed by atoms with Gasteiger partial charge in [-0.25, -0.2) is 0 Å². The number of ether oxygens (including phenoxy) is 2. The van der Waals surface area contributed by atoms with Crippen LogP contribution in [0.2, 0.25) is 0 Å². The van der Waals surface area contributed by atoms with Crippen LogP contribution in [0.25, 0.3) is 5.57 Å².